The number of aliphatic hydroxyl groups is 1. The molecule has 0 aliphatic heterocycles. The van der Waals surface area contributed by atoms with E-state index in [9.17, 15) is 5.11 Å². The van der Waals surface area contributed by atoms with Gasteiger partial charge in [-0.05, 0) is 30.5 Å². The fraction of sp³-hybridized carbons (Fsp3) is 0.273. The van der Waals surface area contributed by atoms with Gasteiger partial charge >= 0.3 is 0 Å². The summed E-state index contributed by atoms with van der Waals surface area (Å²) in [6.45, 7) is 5.62. The molecule has 2 heteroatoms. The van der Waals surface area contributed by atoms with Crippen molar-refractivity contribution in [3.8, 4) is 0 Å². The van der Waals surface area contributed by atoms with Crippen molar-refractivity contribution >= 4 is 15.9 Å². The summed E-state index contributed by atoms with van der Waals surface area (Å²) in [5, 5.41) is 9.69. The summed E-state index contributed by atoms with van der Waals surface area (Å²) in [7, 11) is 0. The summed E-state index contributed by atoms with van der Waals surface area (Å²) in [6.07, 6.45) is 1.85. The van der Waals surface area contributed by atoms with Crippen LogP contribution in [0, 0.1) is 6.92 Å². The second-order valence-corrected chi connectivity index (χ2v) is 3.92. The topological polar surface area (TPSA) is 20.2 Å². The lowest BCUT2D eigenvalue weighted by Crippen LogP contribution is -1.96. The number of rotatable bonds is 3. The third-order valence-electron chi connectivity index (χ3n) is 1.90. The van der Waals surface area contributed by atoms with Crippen LogP contribution in [0.5, 0.6) is 0 Å². The maximum absolute atomic E-state index is 9.69. The van der Waals surface area contributed by atoms with E-state index in [1.165, 1.54) is 5.56 Å². The first kappa shape index (κ1) is 10.5. The van der Waals surface area contributed by atoms with Crippen molar-refractivity contribution in [2.45, 2.75) is 19.4 Å². The molecule has 1 atom stereocenters. The molecule has 0 fully saturated rings. The predicted octanol–water partition coefficient (Wildman–Crippen LogP) is 3.37. The zero-order valence-electron chi connectivity index (χ0n) is 7.63. The lowest BCUT2D eigenvalue weighted by atomic mass is 10.1. The van der Waals surface area contributed by atoms with Crippen LogP contribution in [0.4, 0.5) is 0 Å². The third-order valence-corrected chi connectivity index (χ3v) is 2.59. The van der Waals surface area contributed by atoms with Gasteiger partial charge in [-0.15, -0.1) is 6.58 Å². The van der Waals surface area contributed by atoms with Crippen LogP contribution in [0.1, 0.15) is 23.7 Å². The van der Waals surface area contributed by atoms with Crippen LogP contribution in [0.25, 0.3) is 0 Å². The van der Waals surface area contributed by atoms with E-state index < -0.39 is 6.10 Å². The minimum Gasteiger partial charge on any atom is -0.388 e. The smallest absolute Gasteiger partial charge is 0.0835 e. The van der Waals surface area contributed by atoms with Crippen molar-refractivity contribution in [3.05, 3.63) is 46.5 Å². The average Bonchev–Trinajstić information content (AvgIpc) is 2.04. The molecular formula is C11H13BrO. The van der Waals surface area contributed by atoms with E-state index in [4.69, 9.17) is 0 Å². The van der Waals surface area contributed by atoms with E-state index in [1.54, 1.807) is 6.08 Å². The molecule has 0 saturated heterocycles. The van der Waals surface area contributed by atoms with Crippen LogP contribution in [-0.4, -0.2) is 5.11 Å². The highest BCUT2D eigenvalue weighted by Crippen LogP contribution is 2.26. The van der Waals surface area contributed by atoms with Gasteiger partial charge in [0.05, 0.1) is 6.10 Å². The molecule has 1 rings (SSSR count). The molecule has 0 saturated carbocycles. The number of benzene rings is 1. The minimum atomic E-state index is -0.451. The van der Waals surface area contributed by atoms with Gasteiger partial charge in [-0.25, -0.2) is 0 Å². The fourth-order valence-corrected chi connectivity index (χ4v) is 1.94. The van der Waals surface area contributed by atoms with Gasteiger partial charge in [-0.2, -0.15) is 0 Å². The molecule has 0 aliphatic rings. The van der Waals surface area contributed by atoms with Crippen LogP contribution in [0.2, 0.25) is 0 Å². The molecule has 13 heavy (non-hydrogen) atoms. The third kappa shape index (κ3) is 2.68. The van der Waals surface area contributed by atoms with Crippen molar-refractivity contribution in [1.82, 2.24) is 0 Å². The quantitative estimate of drug-likeness (QED) is 0.804. The number of hydrogen-bond acceptors (Lipinski definition) is 1. The zero-order chi connectivity index (χ0) is 9.84. The summed E-state index contributed by atoms with van der Waals surface area (Å²) in [5.74, 6) is 0. The summed E-state index contributed by atoms with van der Waals surface area (Å²) >= 11 is 3.42. The first-order valence-electron chi connectivity index (χ1n) is 4.20. The van der Waals surface area contributed by atoms with E-state index >= 15 is 0 Å². The van der Waals surface area contributed by atoms with Gasteiger partial charge in [0.25, 0.3) is 0 Å². The molecule has 0 heterocycles. The average molecular weight is 241 g/mol. The van der Waals surface area contributed by atoms with E-state index in [-0.39, 0.29) is 0 Å². The lowest BCUT2D eigenvalue weighted by Gasteiger charge is -2.10. The summed E-state index contributed by atoms with van der Waals surface area (Å²) in [4.78, 5) is 0. The van der Waals surface area contributed by atoms with Gasteiger partial charge < -0.3 is 5.11 Å². The molecule has 1 N–H and O–H groups in total. The molecular weight excluding hydrogens is 228 g/mol. The highest BCUT2D eigenvalue weighted by Gasteiger charge is 2.08. The van der Waals surface area contributed by atoms with E-state index in [0.717, 1.165) is 10.0 Å². The van der Waals surface area contributed by atoms with Crippen LogP contribution in [-0.2, 0) is 0 Å². The molecule has 0 aromatic heterocycles. The predicted molar refractivity (Wildman–Crippen MR) is 58.7 cm³/mol. The standard InChI is InChI=1S/C11H13BrO/c1-3-4-11(13)9-6-5-8(2)7-10(9)12/h3,5-7,11,13H,1,4H2,2H3. The molecule has 1 nitrogen and oxygen atoms in total. The zero-order valence-corrected chi connectivity index (χ0v) is 9.21. The summed E-state index contributed by atoms with van der Waals surface area (Å²) < 4.78 is 0.960. The summed E-state index contributed by atoms with van der Waals surface area (Å²) in [6, 6.07) is 5.93. The summed E-state index contributed by atoms with van der Waals surface area (Å²) in [5.41, 5.74) is 2.10. The monoisotopic (exact) mass is 240 g/mol. The molecule has 70 valence electrons. The number of hydrogen-bond donors (Lipinski definition) is 1. The Kier molecular flexibility index (Phi) is 3.70. The normalized spacial score (nSPS) is 12.5. The van der Waals surface area contributed by atoms with Crippen LogP contribution in [0.15, 0.2) is 35.3 Å². The molecule has 0 amide bonds. The highest BCUT2D eigenvalue weighted by molar-refractivity contribution is 9.10. The maximum Gasteiger partial charge on any atom is 0.0835 e. The first-order valence-corrected chi connectivity index (χ1v) is 4.99. The number of aliphatic hydroxyl groups excluding tert-OH is 1. The Balaban J connectivity index is 2.94. The number of halogens is 1. The van der Waals surface area contributed by atoms with Crippen LogP contribution < -0.4 is 0 Å². The van der Waals surface area contributed by atoms with Crippen molar-refractivity contribution in [2.24, 2.45) is 0 Å². The van der Waals surface area contributed by atoms with Gasteiger partial charge in [-0.3, -0.25) is 0 Å². The largest absolute Gasteiger partial charge is 0.388 e. The molecule has 1 aromatic carbocycles. The number of aryl methyl sites for hydroxylation is 1. The highest BCUT2D eigenvalue weighted by atomic mass is 79.9. The molecule has 0 radical (unpaired) electrons. The Hall–Kier alpha value is -0.600. The second kappa shape index (κ2) is 4.58. The Bertz CT molecular complexity index is 307. The van der Waals surface area contributed by atoms with E-state index in [1.807, 2.05) is 25.1 Å². The molecule has 1 unspecified atom stereocenters. The van der Waals surface area contributed by atoms with Gasteiger partial charge in [0.1, 0.15) is 0 Å². The Morgan fingerprint density at radius 2 is 2.31 bits per heavy atom. The Labute approximate surface area is 87.2 Å². The van der Waals surface area contributed by atoms with Crippen molar-refractivity contribution < 1.29 is 5.11 Å². The van der Waals surface area contributed by atoms with Crippen molar-refractivity contribution in [2.75, 3.05) is 0 Å². The van der Waals surface area contributed by atoms with Crippen LogP contribution >= 0.6 is 15.9 Å². The molecule has 0 spiro atoms. The van der Waals surface area contributed by atoms with Gasteiger partial charge in [0.15, 0.2) is 0 Å². The van der Waals surface area contributed by atoms with Crippen molar-refractivity contribution in [1.29, 1.82) is 0 Å². The molecule has 0 aliphatic carbocycles. The Morgan fingerprint density at radius 3 is 2.85 bits per heavy atom. The molecule has 0 bridgehead atoms. The first-order chi connectivity index (χ1) is 6.15. The van der Waals surface area contributed by atoms with Gasteiger partial charge in [0, 0.05) is 4.47 Å². The fourth-order valence-electron chi connectivity index (χ4n) is 1.19. The van der Waals surface area contributed by atoms with Crippen LogP contribution in [0.3, 0.4) is 0 Å². The Morgan fingerprint density at radius 1 is 1.62 bits per heavy atom. The maximum atomic E-state index is 9.69. The second-order valence-electron chi connectivity index (χ2n) is 3.07. The van der Waals surface area contributed by atoms with E-state index in [0.29, 0.717) is 6.42 Å². The SMILES string of the molecule is C=CCC(O)c1ccc(C)cc1Br. The van der Waals surface area contributed by atoms with E-state index in [2.05, 4.69) is 22.5 Å². The van der Waals surface area contributed by atoms with Crippen molar-refractivity contribution in [3.63, 3.8) is 0 Å². The molecule has 1 aromatic rings. The van der Waals surface area contributed by atoms with Gasteiger partial charge in [0.2, 0.25) is 0 Å². The minimum absolute atomic E-state index is 0.451. The van der Waals surface area contributed by atoms with Gasteiger partial charge in [-0.1, -0.05) is 34.1 Å². The lowest BCUT2D eigenvalue weighted by molar-refractivity contribution is 0.181.